The van der Waals surface area contributed by atoms with Crippen LogP contribution in [0.3, 0.4) is 0 Å². The van der Waals surface area contributed by atoms with Crippen molar-refractivity contribution in [1.82, 2.24) is 9.78 Å². The lowest BCUT2D eigenvalue weighted by Gasteiger charge is -2.07. The van der Waals surface area contributed by atoms with E-state index in [4.69, 9.17) is 0 Å². The van der Waals surface area contributed by atoms with E-state index in [2.05, 4.69) is 63.8 Å². The van der Waals surface area contributed by atoms with Gasteiger partial charge in [-0.2, -0.15) is 5.10 Å². The minimum atomic E-state index is 0.845. The minimum absolute atomic E-state index is 0.845. The van der Waals surface area contributed by atoms with Crippen LogP contribution in [-0.4, -0.2) is 9.78 Å². The van der Waals surface area contributed by atoms with Gasteiger partial charge in [0.1, 0.15) is 0 Å². The van der Waals surface area contributed by atoms with Crippen molar-refractivity contribution in [3.63, 3.8) is 0 Å². The predicted octanol–water partition coefficient (Wildman–Crippen LogP) is 3.87. The molecule has 0 aliphatic carbocycles. The van der Waals surface area contributed by atoms with Crippen molar-refractivity contribution in [3.05, 3.63) is 51.3 Å². The highest BCUT2D eigenvalue weighted by molar-refractivity contribution is 9.10. The van der Waals surface area contributed by atoms with Crippen LogP contribution in [0.5, 0.6) is 0 Å². The van der Waals surface area contributed by atoms with Crippen LogP contribution in [-0.2, 0) is 13.0 Å². The summed E-state index contributed by atoms with van der Waals surface area (Å²) in [5, 5.41) is 4.58. The van der Waals surface area contributed by atoms with E-state index in [9.17, 15) is 0 Å². The smallest absolute Gasteiger partial charge is 0.0738 e. The van der Waals surface area contributed by atoms with Gasteiger partial charge in [-0.05, 0) is 41.8 Å². The highest BCUT2D eigenvalue weighted by Crippen LogP contribution is 2.22. The maximum atomic E-state index is 4.58. The van der Waals surface area contributed by atoms with Gasteiger partial charge in [-0.1, -0.05) is 36.8 Å². The maximum absolute atomic E-state index is 4.58. The van der Waals surface area contributed by atoms with E-state index in [0.29, 0.717) is 0 Å². The van der Waals surface area contributed by atoms with Crippen LogP contribution in [0.1, 0.15) is 29.4 Å². The highest BCUT2D eigenvalue weighted by Gasteiger charge is 2.11. The van der Waals surface area contributed by atoms with Crippen LogP contribution < -0.4 is 0 Å². The summed E-state index contributed by atoms with van der Waals surface area (Å²) in [7, 11) is 0. The van der Waals surface area contributed by atoms with Crippen LogP contribution >= 0.6 is 15.9 Å². The van der Waals surface area contributed by atoms with E-state index in [0.717, 1.165) is 23.1 Å². The maximum Gasteiger partial charge on any atom is 0.0738 e. The fourth-order valence-electron chi connectivity index (χ4n) is 2.06. The molecule has 2 rings (SSSR count). The first kappa shape index (κ1) is 12.4. The standard InChI is InChI=1S/C14H17BrN2/c1-4-13-14(15)11(3)16-17(13)9-12-7-5-6-10(2)8-12/h5-8H,4,9H2,1-3H3. The van der Waals surface area contributed by atoms with Crippen LogP contribution in [0.2, 0.25) is 0 Å². The second-order valence-corrected chi connectivity index (χ2v) is 5.14. The lowest BCUT2D eigenvalue weighted by atomic mass is 10.1. The van der Waals surface area contributed by atoms with Gasteiger partial charge >= 0.3 is 0 Å². The van der Waals surface area contributed by atoms with Crippen molar-refractivity contribution in [2.45, 2.75) is 33.7 Å². The zero-order valence-electron chi connectivity index (χ0n) is 10.5. The molecule has 2 aromatic rings. The highest BCUT2D eigenvalue weighted by atomic mass is 79.9. The molecule has 0 bridgehead atoms. The molecular weight excluding hydrogens is 276 g/mol. The van der Waals surface area contributed by atoms with Crippen molar-refractivity contribution >= 4 is 15.9 Å². The molecule has 0 atom stereocenters. The Morgan fingerprint density at radius 2 is 2.06 bits per heavy atom. The molecule has 0 aliphatic heterocycles. The normalized spacial score (nSPS) is 10.8. The monoisotopic (exact) mass is 292 g/mol. The van der Waals surface area contributed by atoms with E-state index in [1.165, 1.54) is 16.8 Å². The Kier molecular flexibility index (Phi) is 3.67. The van der Waals surface area contributed by atoms with E-state index < -0.39 is 0 Å². The quantitative estimate of drug-likeness (QED) is 0.840. The first-order chi connectivity index (χ1) is 8.11. The molecule has 0 saturated heterocycles. The Morgan fingerprint density at radius 3 is 2.71 bits per heavy atom. The zero-order valence-corrected chi connectivity index (χ0v) is 12.1. The molecular formula is C14H17BrN2. The summed E-state index contributed by atoms with van der Waals surface area (Å²) in [6, 6.07) is 8.58. The molecule has 1 heterocycles. The number of hydrogen-bond donors (Lipinski definition) is 0. The predicted molar refractivity (Wildman–Crippen MR) is 74.3 cm³/mol. The third-order valence-electron chi connectivity index (χ3n) is 2.90. The van der Waals surface area contributed by atoms with Crippen LogP contribution in [0.25, 0.3) is 0 Å². The summed E-state index contributed by atoms with van der Waals surface area (Å²) in [5.41, 5.74) is 4.93. The third kappa shape index (κ3) is 2.60. The summed E-state index contributed by atoms with van der Waals surface area (Å²) in [6.07, 6.45) is 0.993. The Labute approximate surface area is 111 Å². The van der Waals surface area contributed by atoms with Crippen molar-refractivity contribution in [2.75, 3.05) is 0 Å². The Bertz CT molecular complexity index is 529. The van der Waals surface area contributed by atoms with E-state index in [-0.39, 0.29) is 0 Å². The van der Waals surface area contributed by atoms with Gasteiger partial charge in [0.15, 0.2) is 0 Å². The van der Waals surface area contributed by atoms with Crippen molar-refractivity contribution < 1.29 is 0 Å². The molecule has 1 aromatic carbocycles. The van der Waals surface area contributed by atoms with E-state index in [1.807, 2.05) is 6.92 Å². The molecule has 0 fully saturated rings. The number of halogens is 1. The molecule has 90 valence electrons. The minimum Gasteiger partial charge on any atom is -0.264 e. The van der Waals surface area contributed by atoms with Gasteiger partial charge in [0, 0.05) is 0 Å². The van der Waals surface area contributed by atoms with Crippen molar-refractivity contribution in [3.8, 4) is 0 Å². The van der Waals surface area contributed by atoms with Gasteiger partial charge in [-0.3, -0.25) is 4.68 Å². The molecule has 3 heteroatoms. The second-order valence-electron chi connectivity index (χ2n) is 4.35. The summed E-state index contributed by atoms with van der Waals surface area (Å²) in [5.74, 6) is 0. The second kappa shape index (κ2) is 5.05. The van der Waals surface area contributed by atoms with Gasteiger partial charge < -0.3 is 0 Å². The number of rotatable bonds is 3. The van der Waals surface area contributed by atoms with Gasteiger partial charge in [0.25, 0.3) is 0 Å². The lowest BCUT2D eigenvalue weighted by Crippen LogP contribution is -2.06. The number of aryl methyl sites for hydroxylation is 2. The zero-order chi connectivity index (χ0) is 12.4. The lowest BCUT2D eigenvalue weighted by molar-refractivity contribution is 0.643. The SMILES string of the molecule is CCc1c(Br)c(C)nn1Cc1cccc(C)c1. The molecule has 0 radical (unpaired) electrons. The fourth-order valence-corrected chi connectivity index (χ4v) is 2.62. The van der Waals surface area contributed by atoms with E-state index in [1.54, 1.807) is 0 Å². The Hall–Kier alpha value is -1.09. The summed E-state index contributed by atoms with van der Waals surface area (Å²) >= 11 is 3.61. The number of benzene rings is 1. The number of nitrogens with zero attached hydrogens (tertiary/aromatic N) is 2. The first-order valence-electron chi connectivity index (χ1n) is 5.89. The van der Waals surface area contributed by atoms with Crippen molar-refractivity contribution in [1.29, 1.82) is 0 Å². The summed E-state index contributed by atoms with van der Waals surface area (Å²) < 4.78 is 3.24. The van der Waals surface area contributed by atoms with Crippen LogP contribution in [0.4, 0.5) is 0 Å². The van der Waals surface area contributed by atoms with Crippen molar-refractivity contribution in [2.24, 2.45) is 0 Å². The number of aromatic nitrogens is 2. The average Bonchev–Trinajstić information content (AvgIpc) is 2.54. The summed E-state index contributed by atoms with van der Waals surface area (Å²) in [6.45, 7) is 7.16. The van der Waals surface area contributed by atoms with Crippen LogP contribution in [0.15, 0.2) is 28.7 Å². The molecule has 0 saturated carbocycles. The molecule has 0 unspecified atom stereocenters. The summed E-state index contributed by atoms with van der Waals surface area (Å²) in [4.78, 5) is 0. The van der Waals surface area contributed by atoms with Gasteiger partial charge in [-0.25, -0.2) is 0 Å². The molecule has 2 nitrogen and oxygen atoms in total. The Balaban J connectivity index is 2.33. The molecule has 0 N–H and O–H groups in total. The van der Waals surface area contributed by atoms with Gasteiger partial charge in [0.2, 0.25) is 0 Å². The van der Waals surface area contributed by atoms with Gasteiger partial charge in [0.05, 0.1) is 22.4 Å². The fraction of sp³-hybridized carbons (Fsp3) is 0.357. The largest absolute Gasteiger partial charge is 0.264 e. The average molecular weight is 293 g/mol. The van der Waals surface area contributed by atoms with Crippen LogP contribution in [0, 0.1) is 13.8 Å². The number of hydrogen-bond acceptors (Lipinski definition) is 1. The molecule has 0 aliphatic rings. The Morgan fingerprint density at radius 1 is 1.29 bits per heavy atom. The van der Waals surface area contributed by atoms with E-state index >= 15 is 0 Å². The molecule has 17 heavy (non-hydrogen) atoms. The molecule has 1 aromatic heterocycles. The first-order valence-corrected chi connectivity index (χ1v) is 6.68. The topological polar surface area (TPSA) is 17.8 Å². The van der Waals surface area contributed by atoms with Gasteiger partial charge in [-0.15, -0.1) is 0 Å². The molecule has 0 spiro atoms. The molecule has 0 amide bonds. The third-order valence-corrected chi connectivity index (χ3v) is 3.93.